The van der Waals surface area contributed by atoms with E-state index >= 15 is 0 Å². The van der Waals surface area contributed by atoms with Crippen LogP contribution in [0.25, 0.3) is 17.3 Å². The minimum absolute atomic E-state index is 0.192. The lowest BCUT2D eigenvalue weighted by atomic mass is 10.1. The zero-order valence-electron chi connectivity index (χ0n) is 15.7. The molecular formula is C20H14N4O5S2. The molecule has 0 spiro atoms. The molecule has 0 unspecified atom stereocenters. The van der Waals surface area contributed by atoms with Crippen LogP contribution in [0.3, 0.4) is 0 Å². The molecule has 5 rings (SSSR count). The third-order valence-electron chi connectivity index (χ3n) is 4.37. The van der Waals surface area contributed by atoms with Crippen LogP contribution in [-0.4, -0.2) is 33.1 Å². The first kappa shape index (κ1) is 19.3. The van der Waals surface area contributed by atoms with Gasteiger partial charge in [0.2, 0.25) is 11.9 Å². The van der Waals surface area contributed by atoms with Crippen LogP contribution in [0.5, 0.6) is 23.0 Å². The number of ether oxygens (including phenoxy) is 2. The molecular weight excluding hydrogens is 440 g/mol. The number of nitrogens with one attached hydrogen (secondary N) is 2. The minimum Gasteiger partial charge on any atom is -0.504 e. The van der Waals surface area contributed by atoms with E-state index in [-0.39, 0.29) is 24.2 Å². The Morgan fingerprint density at radius 2 is 2.00 bits per heavy atom. The molecule has 9 nitrogen and oxygen atoms in total. The van der Waals surface area contributed by atoms with E-state index in [1.807, 2.05) is 12.1 Å². The number of benzene rings is 2. The van der Waals surface area contributed by atoms with E-state index in [0.29, 0.717) is 38.0 Å². The van der Waals surface area contributed by atoms with Crippen molar-refractivity contribution < 1.29 is 24.5 Å². The van der Waals surface area contributed by atoms with Crippen molar-refractivity contribution in [2.24, 2.45) is 5.10 Å². The lowest BCUT2D eigenvalue weighted by Crippen LogP contribution is -2.20. The fourth-order valence-corrected chi connectivity index (χ4v) is 4.32. The number of hydrogen-bond donors (Lipinski definition) is 4. The number of fused-ring (bicyclic) bond motifs is 1. The smallest absolute Gasteiger partial charge is 0.264 e. The van der Waals surface area contributed by atoms with Gasteiger partial charge in [-0.2, -0.15) is 0 Å². The predicted molar refractivity (Wildman–Crippen MR) is 118 cm³/mol. The molecule has 1 aromatic heterocycles. The molecule has 4 N–H and O–H groups in total. The van der Waals surface area contributed by atoms with E-state index in [4.69, 9.17) is 9.47 Å². The van der Waals surface area contributed by atoms with Crippen LogP contribution in [0.15, 0.2) is 51.8 Å². The van der Waals surface area contributed by atoms with Crippen molar-refractivity contribution in [1.82, 2.24) is 10.3 Å². The number of carbonyl (C=O) groups is 1. The summed E-state index contributed by atoms with van der Waals surface area (Å²) in [6.07, 6.45) is 1.75. The zero-order chi connectivity index (χ0) is 21.4. The fraction of sp³-hybridized carbons (Fsp3) is 0.0500. The second-order valence-electron chi connectivity index (χ2n) is 6.45. The highest BCUT2D eigenvalue weighted by atomic mass is 32.2. The zero-order valence-corrected chi connectivity index (χ0v) is 17.3. The first-order valence-electron chi connectivity index (χ1n) is 8.97. The second-order valence-corrected chi connectivity index (χ2v) is 8.34. The van der Waals surface area contributed by atoms with Crippen molar-refractivity contribution in [2.45, 2.75) is 0 Å². The number of amides is 1. The summed E-state index contributed by atoms with van der Waals surface area (Å²) in [7, 11) is 0. The largest absolute Gasteiger partial charge is 0.504 e. The van der Waals surface area contributed by atoms with Crippen molar-refractivity contribution in [3.8, 4) is 34.3 Å². The van der Waals surface area contributed by atoms with Gasteiger partial charge in [0.05, 0.1) is 10.6 Å². The van der Waals surface area contributed by atoms with Crippen LogP contribution in [0.4, 0.5) is 5.13 Å². The number of aromatic nitrogens is 1. The van der Waals surface area contributed by atoms with Gasteiger partial charge < -0.3 is 19.7 Å². The summed E-state index contributed by atoms with van der Waals surface area (Å²) in [4.78, 5) is 17.2. The number of carbonyl (C=O) groups excluding carboxylic acids is 1. The summed E-state index contributed by atoms with van der Waals surface area (Å²) < 4.78 is 10.7. The van der Waals surface area contributed by atoms with Gasteiger partial charge in [-0.1, -0.05) is 6.07 Å². The first-order chi connectivity index (χ1) is 15.0. The van der Waals surface area contributed by atoms with E-state index in [1.165, 1.54) is 35.2 Å². The average molecular weight is 454 g/mol. The highest BCUT2D eigenvalue weighted by Crippen LogP contribution is 2.35. The summed E-state index contributed by atoms with van der Waals surface area (Å²) in [6.45, 7) is 0.194. The molecule has 0 saturated carbocycles. The summed E-state index contributed by atoms with van der Waals surface area (Å²) in [5, 5.41) is 28.7. The molecule has 11 heteroatoms. The van der Waals surface area contributed by atoms with E-state index in [9.17, 15) is 15.0 Å². The van der Waals surface area contributed by atoms with Gasteiger partial charge in [-0.15, -0.1) is 16.4 Å². The van der Waals surface area contributed by atoms with Gasteiger partial charge in [0, 0.05) is 10.9 Å². The molecule has 31 heavy (non-hydrogen) atoms. The summed E-state index contributed by atoms with van der Waals surface area (Å²) >= 11 is 2.52. The molecule has 3 heterocycles. The van der Waals surface area contributed by atoms with Crippen LogP contribution >= 0.6 is 23.1 Å². The maximum atomic E-state index is 12.3. The Labute approximate surface area is 184 Å². The number of thioether (sulfide) groups is 1. The Bertz CT molecular complexity index is 1250. The van der Waals surface area contributed by atoms with E-state index < -0.39 is 0 Å². The normalized spacial score (nSPS) is 17.4. The monoisotopic (exact) mass is 454 g/mol. The van der Waals surface area contributed by atoms with Gasteiger partial charge in [0.1, 0.15) is 0 Å². The number of hydrazone groups is 1. The van der Waals surface area contributed by atoms with Crippen LogP contribution in [-0.2, 0) is 4.79 Å². The molecule has 0 radical (unpaired) electrons. The van der Waals surface area contributed by atoms with Crippen molar-refractivity contribution >= 4 is 45.4 Å². The molecule has 2 aliphatic rings. The lowest BCUT2D eigenvalue weighted by Gasteiger charge is -2.00. The Hall–Kier alpha value is -3.70. The maximum absolute atomic E-state index is 12.3. The molecule has 156 valence electrons. The standard InChI is InChI=1S/C20H14N4O5S2/c25-13-3-2-11(7-14(13)26)12-8-30-19(21-12)23-24-20-22-18(27)17(31-20)6-10-1-4-15-16(5-10)29-9-28-15/h1-8,25-26H,9H2,(H,21,23)(H,22,24,27)/b17-6+. The molecule has 1 fully saturated rings. The quantitative estimate of drug-likeness (QED) is 0.268. The molecule has 0 aliphatic carbocycles. The molecule has 1 saturated heterocycles. The summed E-state index contributed by atoms with van der Waals surface area (Å²) in [5.74, 6) is 0.675. The molecule has 3 aromatic rings. The Kier molecular flexibility index (Phi) is 4.88. The third-order valence-corrected chi connectivity index (χ3v) is 6.03. The lowest BCUT2D eigenvalue weighted by molar-refractivity contribution is -0.115. The van der Waals surface area contributed by atoms with Crippen molar-refractivity contribution in [3.05, 3.63) is 52.2 Å². The highest BCUT2D eigenvalue weighted by molar-refractivity contribution is 8.18. The van der Waals surface area contributed by atoms with Crippen LogP contribution in [0.2, 0.25) is 0 Å². The number of thiazole rings is 1. The SMILES string of the molecule is O=C1N/C(=N/Nc2nc(-c3ccc(O)c(O)c3)cs2)S/C1=C/c1ccc2c(c1)OCO2. The van der Waals surface area contributed by atoms with E-state index in [2.05, 4.69) is 20.8 Å². The van der Waals surface area contributed by atoms with Gasteiger partial charge in [0.15, 0.2) is 28.2 Å². The van der Waals surface area contributed by atoms with Crippen LogP contribution < -0.4 is 20.2 Å². The average Bonchev–Trinajstić information content (AvgIpc) is 3.49. The number of nitrogens with zero attached hydrogens (tertiary/aromatic N) is 2. The topological polar surface area (TPSA) is 125 Å². The van der Waals surface area contributed by atoms with Crippen LogP contribution in [0.1, 0.15) is 5.56 Å². The number of aromatic hydroxyl groups is 2. The molecule has 1 amide bonds. The second kappa shape index (κ2) is 7.85. The number of anilines is 1. The highest BCUT2D eigenvalue weighted by Gasteiger charge is 2.24. The van der Waals surface area contributed by atoms with Crippen molar-refractivity contribution in [3.63, 3.8) is 0 Å². The Balaban J connectivity index is 1.27. The Morgan fingerprint density at radius 3 is 2.87 bits per heavy atom. The Morgan fingerprint density at radius 1 is 1.13 bits per heavy atom. The van der Waals surface area contributed by atoms with Crippen molar-refractivity contribution in [1.29, 1.82) is 0 Å². The number of phenols is 2. The van der Waals surface area contributed by atoms with Gasteiger partial charge in [-0.25, -0.2) is 4.98 Å². The van der Waals surface area contributed by atoms with E-state index in [1.54, 1.807) is 23.6 Å². The van der Waals surface area contributed by atoms with Crippen molar-refractivity contribution in [2.75, 3.05) is 12.2 Å². The molecule has 2 aromatic carbocycles. The molecule has 2 aliphatic heterocycles. The summed E-state index contributed by atoms with van der Waals surface area (Å²) in [6, 6.07) is 9.95. The number of phenolic OH excluding ortho intramolecular Hbond substituents is 2. The van der Waals surface area contributed by atoms with E-state index in [0.717, 1.165) is 5.56 Å². The first-order valence-corrected chi connectivity index (χ1v) is 10.7. The predicted octanol–water partition coefficient (Wildman–Crippen LogP) is 3.54. The number of rotatable bonds is 4. The summed E-state index contributed by atoms with van der Waals surface area (Å²) in [5.41, 5.74) is 4.92. The minimum atomic E-state index is -0.248. The fourth-order valence-electron chi connectivity index (χ4n) is 2.87. The maximum Gasteiger partial charge on any atom is 0.264 e. The van der Waals surface area contributed by atoms with Gasteiger partial charge in [0.25, 0.3) is 5.91 Å². The van der Waals surface area contributed by atoms with Gasteiger partial charge in [-0.3, -0.25) is 15.5 Å². The molecule has 0 bridgehead atoms. The number of amidine groups is 1. The molecule has 0 atom stereocenters. The third kappa shape index (κ3) is 4.00. The van der Waals surface area contributed by atoms with Gasteiger partial charge in [-0.05, 0) is 53.7 Å². The number of hydrogen-bond acceptors (Lipinski definition) is 10. The van der Waals surface area contributed by atoms with Crippen LogP contribution in [0, 0.1) is 0 Å². The van der Waals surface area contributed by atoms with Gasteiger partial charge >= 0.3 is 0 Å².